The minimum atomic E-state index is -3.95. The number of fused-ring (bicyclic) bond motifs is 1. The van der Waals surface area contributed by atoms with E-state index in [1.165, 1.54) is 0 Å². The van der Waals surface area contributed by atoms with Crippen molar-refractivity contribution < 1.29 is 8.42 Å². The van der Waals surface area contributed by atoms with Crippen molar-refractivity contribution >= 4 is 26.7 Å². The molecule has 0 bridgehead atoms. The van der Waals surface area contributed by atoms with Gasteiger partial charge < -0.3 is 4.90 Å². The first-order chi connectivity index (χ1) is 14.4. The van der Waals surface area contributed by atoms with Gasteiger partial charge >= 0.3 is 0 Å². The topological polar surface area (TPSA) is 86.9 Å². The van der Waals surface area contributed by atoms with E-state index in [1.54, 1.807) is 30.3 Å². The number of aryl methyl sites for hydroxylation is 1. The van der Waals surface area contributed by atoms with Gasteiger partial charge in [0.1, 0.15) is 5.69 Å². The fourth-order valence-electron chi connectivity index (χ4n) is 3.94. The minimum absolute atomic E-state index is 0.118. The van der Waals surface area contributed by atoms with E-state index in [4.69, 9.17) is 4.98 Å². The first-order valence-corrected chi connectivity index (χ1v) is 11.7. The first-order valence-electron chi connectivity index (χ1n) is 10.1. The molecule has 1 saturated heterocycles. The highest BCUT2D eigenvalue weighted by Gasteiger charge is 2.35. The van der Waals surface area contributed by atoms with Crippen molar-refractivity contribution in [2.45, 2.75) is 36.8 Å². The number of anilines is 1. The lowest BCUT2D eigenvalue weighted by Gasteiger charge is -2.33. The number of nitriles is 1. The molecule has 6 nitrogen and oxygen atoms in total. The highest BCUT2D eigenvalue weighted by Crippen LogP contribution is 2.35. The molecule has 1 fully saturated rings. The van der Waals surface area contributed by atoms with E-state index in [-0.39, 0.29) is 10.6 Å². The molecule has 1 aliphatic rings. The molecule has 0 unspecified atom stereocenters. The summed E-state index contributed by atoms with van der Waals surface area (Å²) in [6.07, 6.45) is 2.12. The van der Waals surface area contributed by atoms with Gasteiger partial charge in [0.05, 0.1) is 22.0 Å². The summed E-state index contributed by atoms with van der Waals surface area (Å²) in [6.45, 7) is 5.60. The molecular weight excluding hydrogens is 396 g/mol. The molecule has 2 atom stereocenters. The van der Waals surface area contributed by atoms with Gasteiger partial charge in [-0.25, -0.2) is 18.4 Å². The SMILES string of the molecule is Cc1ccc(S(=O)(=O)[C@@H](C#N)c2nc3ccccc3nc2N2CCC[C@@H](C)C2)cc1. The van der Waals surface area contributed by atoms with E-state index < -0.39 is 15.1 Å². The van der Waals surface area contributed by atoms with Gasteiger partial charge in [0, 0.05) is 13.1 Å². The average Bonchev–Trinajstić information content (AvgIpc) is 2.74. The highest BCUT2D eigenvalue weighted by atomic mass is 32.2. The summed E-state index contributed by atoms with van der Waals surface area (Å²) in [5.74, 6) is 0.969. The molecule has 30 heavy (non-hydrogen) atoms. The van der Waals surface area contributed by atoms with Gasteiger partial charge in [0.15, 0.2) is 11.1 Å². The van der Waals surface area contributed by atoms with Crippen LogP contribution in [0.1, 0.15) is 36.3 Å². The van der Waals surface area contributed by atoms with Crippen LogP contribution >= 0.6 is 0 Å². The Hall–Kier alpha value is -2.98. The Morgan fingerprint density at radius 1 is 1.10 bits per heavy atom. The van der Waals surface area contributed by atoms with Crippen molar-refractivity contribution in [2.24, 2.45) is 5.92 Å². The second-order valence-corrected chi connectivity index (χ2v) is 10.0. The van der Waals surface area contributed by atoms with Gasteiger partial charge in [-0.15, -0.1) is 0 Å². The Labute approximate surface area is 177 Å². The number of sulfone groups is 1. The van der Waals surface area contributed by atoms with E-state index in [0.717, 1.165) is 31.5 Å². The Morgan fingerprint density at radius 2 is 1.77 bits per heavy atom. The maximum absolute atomic E-state index is 13.4. The van der Waals surface area contributed by atoms with Crippen molar-refractivity contribution in [2.75, 3.05) is 18.0 Å². The summed E-state index contributed by atoms with van der Waals surface area (Å²) in [5.41, 5.74) is 2.45. The Bertz CT molecular complexity index is 1220. The molecular formula is C23H24N4O2S. The van der Waals surface area contributed by atoms with E-state index >= 15 is 0 Å². The molecule has 0 N–H and O–H groups in total. The monoisotopic (exact) mass is 420 g/mol. The van der Waals surface area contributed by atoms with Crippen LogP contribution < -0.4 is 4.90 Å². The third-order valence-electron chi connectivity index (χ3n) is 5.56. The van der Waals surface area contributed by atoms with Gasteiger partial charge in [-0.05, 0) is 49.9 Å². The maximum atomic E-state index is 13.4. The average molecular weight is 421 g/mol. The van der Waals surface area contributed by atoms with E-state index in [9.17, 15) is 13.7 Å². The van der Waals surface area contributed by atoms with Crippen LogP contribution in [0.25, 0.3) is 11.0 Å². The zero-order valence-electron chi connectivity index (χ0n) is 17.1. The molecule has 0 aliphatic carbocycles. The van der Waals surface area contributed by atoms with Crippen LogP contribution in [0.2, 0.25) is 0 Å². The number of nitrogens with zero attached hydrogens (tertiary/aromatic N) is 4. The second kappa shape index (κ2) is 8.04. The minimum Gasteiger partial charge on any atom is -0.355 e. The molecule has 2 heterocycles. The lowest BCUT2D eigenvalue weighted by atomic mass is 10.00. The fourth-order valence-corrected chi connectivity index (χ4v) is 5.31. The van der Waals surface area contributed by atoms with Gasteiger partial charge in [-0.2, -0.15) is 5.26 Å². The Morgan fingerprint density at radius 3 is 2.40 bits per heavy atom. The predicted octanol–water partition coefficient (Wildman–Crippen LogP) is 4.21. The lowest BCUT2D eigenvalue weighted by Crippen LogP contribution is -2.36. The zero-order valence-corrected chi connectivity index (χ0v) is 17.9. The van der Waals surface area contributed by atoms with Crippen LogP contribution in [0.15, 0.2) is 53.4 Å². The normalized spacial score (nSPS) is 18.2. The van der Waals surface area contributed by atoms with E-state index in [1.807, 2.05) is 31.2 Å². The second-order valence-electron chi connectivity index (χ2n) is 7.98. The summed E-state index contributed by atoms with van der Waals surface area (Å²) in [7, 11) is -3.95. The van der Waals surface area contributed by atoms with Crippen LogP contribution in [0.3, 0.4) is 0 Å². The number of piperidine rings is 1. The predicted molar refractivity (Wildman–Crippen MR) is 117 cm³/mol. The molecule has 3 aromatic rings. The highest BCUT2D eigenvalue weighted by molar-refractivity contribution is 7.92. The fraction of sp³-hybridized carbons (Fsp3) is 0.348. The van der Waals surface area contributed by atoms with E-state index in [2.05, 4.69) is 16.8 Å². The van der Waals surface area contributed by atoms with Gasteiger partial charge in [-0.3, -0.25) is 0 Å². The van der Waals surface area contributed by atoms with E-state index in [0.29, 0.717) is 22.8 Å². The third kappa shape index (κ3) is 3.75. The van der Waals surface area contributed by atoms with Crippen molar-refractivity contribution in [1.29, 1.82) is 5.26 Å². The van der Waals surface area contributed by atoms with Crippen molar-refractivity contribution in [3.05, 3.63) is 59.8 Å². The zero-order chi connectivity index (χ0) is 21.3. The summed E-state index contributed by atoms with van der Waals surface area (Å²) >= 11 is 0. The number of hydrogen-bond acceptors (Lipinski definition) is 6. The number of hydrogen-bond donors (Lipinski definition) is 0. The first kappa shape index (κ1) is 20.3. The van der Waals surface area contributed by atoms with Crippen LogP contribution in [-0.2, 0) is 9.84 Å². The molecule has 0 saturated carbocycles. The number of benzene rings is 2. The van der Waals surface area contributed by atoms with Crippen molar-refractivity contribution in [1.82, 2.24) is 9.97 Å². The molecule has 0 spiro atoms. The molecule has 0 amide bonds. The quantitative estimate of drug-likeness (QED) is 0.628. The lowest BCUT2D eigenvalue weighted by molar-refractivity contribution is 0.443. The maximum Gasteiger partial charge on any atom is 0.200 e. The van der Waals surface area contributed by atoms with Crippen molar-refractivity contribution in [3.8, 4) is 6.07 Å². The van der Waals surface area contributed by atoms with Crippen LogP contribution in [0.4, 0.5) is 5.82 Å². The molecule has 154 valence electrons. The summed E-state index contributed by atoms with van der Waals surface area (Å²) in [6, 6.07) is 15.9. The van der Waals surface area contributed by atoms with Gasteiger partial charge in [0.2, 0.25) is 9.84 Å². The number of para-hydroxylation sites is 2. The van der Waals surface area contributed by atoms with Gasteiger partial charge in [-0.1, -0.05) is 36.8 Å². The van der Waals surface area contributed by atoms with Crippen LogP contribution in [0.5, 0.6) is 0 Å². The number of aromatic nitrogens is 2. The molecule has 7 heteroatoms. The largest absolute Gasteiger partial charge is 0.355 e. The molecule has 1 aromatic heterocycles. The molecule has 0 radical (unpaired) electrons. The van der Waals surface area contributed by atoms with Crippen molar-refractivity contribution in [3.63, 3.8) is 0 Å². The van der Waals surface area contributed by atoms with Crippen LogP contribution in [-0.4, -0.2) is 31.5 Å². The molecule has 1 aliphatic heterocycles. The number of rotatable bonds is 4. The summed E-state index contributed by atoms with van der Waals surface area (Å²) < 4.78 is 26.8. The molecule has 2 aromatic carbocycles. The Balaban J connectivity index is 1.89. The molecule has 4 rings (SSSR count). The summed E-state index contributed by atoms with van der Waals surface area (Å²) in [4.78, 5) is 11.6. The van der Waals surface area contributed by atoms with Gasteiger partial charge in [0.25, 0.3) is 0 Å². The standard InChI is InChI=1S/C23H24N4O2S/c1-16-9-11-18(12-10-16)30(28,29)21(14-24)22-23(27-13-5-6-17(2)15-27)26-20-8-4-3-7-19(20)25-22/h3-4,7-12,17,21H,5-6,13,15H2,1-2H3/t17-,21+/m1/s1. The Kier molecular flexibility index (Phi) is 5.44. The smallest absolute Gasteiger partial charge is 0.200 e. The summed E-state index contributed by atoms with van der Waals surface area (Å²) in [5, 5.41) is 8.54. The van der Waals surface area contributed by atoms with Crippen LogP contribution in [0, 0.1) is 24.2 Å². The third-order valence-corrected chi connectivity index (χ3v) is 7.44.